The molecule has 0 amide bonds. The second kappa shape index (κ2) is 16.6. The summed E-state index contributed by atoms with van der Waals surface area (Å²) in [5, 5.41) is 0. The molecule has 0 atom stereocenters. The molecule has 0 aliphatic carbocycles. The minimum absolute atomic E-state index is 0.559. The Kier molecular flexibility index (Phi) is 9.69. The molecule has 0 aliphatic heterocycles. The summed E-state index contributed by atoms with van der Waals surface area (Å²) >= 11 is 0. The molecule has 7 heteroatoms. The summed E-state index contributed by atoms with van der Waals surface area (Å²) in [6.07, 6.45) is 4.14. The minimum atomic E-state index is 0.559. The lowest BCUT2D eigenvalue weighted by atomic mass is 9.96. The first-order valence-electron chi connectivity index (χ1n) is 22.0. The van der Waals surface area contributed by atoms with E-state index in [2.05, 4.69) is 185 Å². The number of hydrogen-bond donors (Lipinski definition) is 0. The third-order valence-electron chi connectivity index (χ3n) is 12.0. The van der Waals surface area contributed by atoms with Gasteiger partial charge in [-0.1, -0.05) is 170 Å². The van der Waals surface area contributed by atoms with Crippen molar-refractivity contribution in [3.05, 3.63) is 237 Å². The molecule has 0 bridgehead atoms. The number of hydrogen-bond acceptors (Lipinski definition) is 5. The fourth-order valence-corrected chi connectivity index (χ4v) is 8.86. The second-order valence-electron chi connectivity index (χ2n) is 16.2. The molecule has 0 fully saturated rings. The van der Waals surface area contributed by atoms with E-state index in [0.717, 1.165) is 95.3 Å². The van der Waals surface area contributed by atoms with Crippen LogP contribution in [0.5, 0.6) is 0 Å². The first-order valence-corrected chi connectivity index (χ1v) is 22.0. The molecular formula is C59H39N7. The van der Waals surface area contributed by atoms with E-state index in [4.69, 9.17) is 24.9 Å². The summed E-state index contributed by atoms with van der Waals surface area (Å²) < 4.78 is 4.31. The van der Waals surface area contributed by atoms with Gasteiger partial charge in [-0.05, 0) is 76.9 Å². The summed E-state index contributed by atoms with van der Waals surface area (Å²) in [7, 11) is 0. The first-order chi connectivity index (χ1) is 32.7. The standard InChI is InChI=1S/C59H39N7/c1-5-19-40(20-6-1)48-37-49(41-21-7-2-8-22-41)39-50(38-48)59-63-57(46-29-17-27-44(35-46)55-53(42-23-9-3-10-24-42)60-51-31-13-15-33-65(51)55)62-58(64-59)47-30-18-28-45(36-47)56-54(43-25-11-4-12-26-43)61-52-32-14-16-34-66(52)56/h1-39H. The van der Waals surface area contributed by atoms with E-state index in [1.165, 1.54) is 0 Å². The highest BCUT2D eigenvalue weighted by Gasteiger charge is 2.21. The number of imidazole rings is 2. The van der Waals surface area contributed by atoms with E-state index in [1.54, 1.807) is 0 Å². The Labute approximate surface area is 381 Å². The zero-order valence-electron chi connectivity index (χ0n) is 35.6. The highest BCUT2D eigenvalue weighted by molar-refractivity contribution is 5.86. The van der Waals surface area contributed by atoms with Crippen LogP contribution in [0.4, 0.5) is 0 Å². The fraction of sp³-hybridized carbons (Fsp3) is 0. The molecule has 310 valence electrons. The number of rotatable bonds is 9. The minimum Gasteiger partial charge on any atom is -0.299 e. The van der Waals surface area contributed by atoms with E-state index in [9.17, 15) is 0 Å². The molecule has 0 saturated heterocycles. The van der Waals surface area contributed by atoms with Gasteiger partial charge in [0.25, 0.3) is 0 Å². The summed E-state index contributed by atoms with van der Waals surface area (Å²) in [5.41, 5.74) is 16.6. The average Bonchev–Trinajstić information content (AvgIpc) is 3.99. The predicted molar refractivity (Wildman–Crippen MR) is 266 cm³/mol. The van der Waals surface area contributed by atoms with Crippen molar-refractivity contribution < 1.29 is 0 Å². The van der Waals surface area contributed by atoms with Crippen LogP contribution in [-0.2, 0) is 0 Å². The van der Waals surface area contributed by atoms with Crippen molar-refractivity contribution in [2.24, 2.45) is 0 Å². The quantitative estimate of drug-likeness (QED) is 0.145. The van der Waals surface area contributed by atoms with Crippen LogP contribution in [0.2, 0.25) is 0 Å². The molecule has 0 radical (unpaired) electrons. The molecule has 5 heterocycles. The van der Waals surface area contributed by atoms with Gasteiger partial charge < -0.3 is 0 Å². The monoisotopic (exact) mass is 845 g/mol. The highest BCUT2D eigenvalue weighted by Crippen LogP contribution is 2.38. The molecule has 0 N–H and O–H groups in total. The Bertz CT molecular complexity index is 3460. The van der Waals surface area contributed by atoms with E-state index in [-0.39, 0.29) is 0 Å². The Hall–Kier alpha value is -9.07. The molecule has 12 rings (SSSR count). The number of aromatic nitrogens is 7. The van der Waals surface area contributed by atoms with Crippen LogP contribution in [0.15, 0.2) is 237 Å². The molecule has 66 heavy (non-hydrogen) atoms. The normalized spacial score (nSPS) is 11.3. The lowest BCUT2D eigenvalue weighted by molar-refractivity contribution is 1.07. The Morgan fingerprint density at radius 3 is 0.970 bits per heavy atom. The predicted octanol–water partition coefficient (Wildman–Crippen LogP) is 14.2. The fourth-order valence-electron chi connectivity index (χ4n) is 8.86. The van der Waals surface area contributed by atoms with Crippen LogP contribution in [0.1, 0.15) is 0 Å². The molecule has 0 saturated carbocycles. The highest BCUT2D eigenvalue weighted by atomic mass is 15.0. The molecule has 0 aliphatic rings. The maximum Gasteiger partial charge on any atom is 0.164 e. The molecule has 0 spiro atoms. The molecule has 5 aromatic heterocycles. The lowest BCUT2D eigenvalue weighted by Crippen LogP contribution is -2.01. The van der Waals surface area contributed by atoms with Crippen molar-refractivity contribution >= 4 is 11.3 Å². The third kappa shape index (κ3) is 7.20. The van der Waals surface area contributed by atoms with Gasteiger partial charge >= 0.3 is 0 Å². The van der Waals surface area contributed by atoms with Crippen molar-refractivity contribution in [1.29, 1.82) is 0 Å². The lowest BCUT2D eigenvalue weighted by Gasteiger charge is -2.13. The zero-order chi connectivity index (χ0) is 43.8. The number of fused-ring (bicyclic) bond motifs is 2. The third-order valence-corrected chi connectivity index (χ3v) is 12.0. The van der Waals surface area contributed by atoms with Crippen LogP contribution >= 0.6 is 0 Å². The SMILES string of the molecule is c1ccc(-c2cc(-c3ccccc3)cc(-c3nc(-c4cccc(-c5c(-c6ccccc6)nc6ccccn56)c4)nc(-c4cccc(-c5c(-c6ccccc6)nc6ccccn56)c4)n3)c2)cc1. The van der Waals surface area contributed by atoms with Crippen LogP contribution in [0.25, 0.3) is 113 Å². The number of benzene rings is 7. The van der Waals surface area contributed by atoms with Gasteiger partial charge in [-0.2, -0.15) is 0 Å². The van der Waals surface area contributed by atoms with Gasteiger partial charge in [0.1, 0.15) is 11.3 Å². The molecule has 0 unspecified atom stereocenters. The summed E-state index contributed by atoms with van der Waals surface area (Å²) in [5.74, 6) is 1.69. The Morgan fingerprint density at radius 1 is 0.227 bits per heavy atom. The number of pyridine rings is 2. The smallest absolute Gasteiger partial charge is 0.164 e. The van der Waals surface area contributed by atoms with Gasteiger partial charge in [0.05, 0.1) is 22.8 Å². The second-order valence-corrected chi connectivity index (χ2v) is 16.2. The van der Waals surface area contributed by atoms with Gasteiger partial charge in [-0.15, -0.1) is 0 Å². The van der Waals surface area contributed by atoms with Gasteiger partial charge in [0.2, 0.25) is 0 Å². The summed E-state index contributed by atoms with van der Waals surface area (Å²) in [6, 6.07) is 77.4. The van der Waals surface area contributed by atoms with Crippen LogP contribution in [0, 0.1) is 0 Å². The molecule has 7 aromatic carbocycles. The van der Waals surface area contributed by atoms with Gasteiger partial charge in [0, 0.05) is 51.3 Å². The zero-order valence-corrected chi connectivity index (χ0v) is 35.6. The van der Waals surface area contributed by atoms with E-state index >= 15 is 0 Å². The van der Waals surface area contributed by atoms with Gasteiger partial charge in [-0.3, -0.25) is 8.80 Å². The average molecular weight is 846 g/mol. The van der Waals surface area contributed by atoms with Crippen molar-refractivity contribution in [3.63, 3.8) is 0 Å². The molecule has 12 aromatic rings. The molecule has 7 nitrogen and oxygen atoms in total. The Balaban J connectivity index is 1.07. The van der Waals surface area contributed by atoms with Crippen molar-refractivity contribution in [1.82, 2.24) is 33.7 Å². The van der Waals surface area contributed by atoms with Crippen LogP contribution < -0.4 is 0 Å². The summed E-state index contributed by atoms with van der Waals surface area (Å²) in [4.78, 5) is 26.3. The Morgan fingerprint density at radius 2 is 0.545 bits per heavy atom. The van der Waals surface area contributed by atoms with E-state index in [0.29, 0.717) is 17.5 Å². The maximum absolute atomic E-state index is 5.34. The van der Waals surface area contributed by atoms with E-state index < -0.39 is 0 Å². The number of nitrogens with zero attached hydrogens (tertiary/aromatic N) is 7. The van der Waals surface area contributed by atoms with Gasteiger partial charge in [-0.25, -0.2) is 24.9 Å². The topological polar surface area (TPSA) is 73.3 Å². The van der Waals surface area contributed by atoms with E-state index in [1.807, 2.05) is 60.7 Å². The maximum atomic E-state index is 5.34. The largest absolute Gasteiger partial charge is 0.299 e. The van der Waals surface area contributed by atoms with Crippen molar-refractivity contribution in [2.45, 2.75) is 0 Å². The van der Waals surface area contributed by atoms with Crippen LogP contribution in [-0.4, -0.2) is 33.7 Å². The van der Waals surface area contributed by atoms with Crippen LogP contribution in [0.3, 0.4) is 0 Å². The van der Waals surface area contributed by atoms with Crippen molar-refractivity contribution in [2.75, 3.05) is 0 Å². The summed E-state index contributed by atoms with van der Waals surface area (Å²) in [6.45, 7) is 0. The van der Waals surface area contributed by atoms with Crippen molar-refractivity contribution in [3.8, 4) is 101 Å². The van der Waals surface area contributed by atoms with Gasteiger partial charge in [0.15, 0.2) is 17.5 Å². The molecular weight excluding hydrogens is 807 g/mol. The first kappa shape index (κ1) is 38.6.